The zero-order chi connectivity index (χ0) is 25.3. The number of phenolic OH excluding ortho intramolecular Hbond substituents is 1. The topological polar surface area (TPSA) is 178 Å². The van der Waals surface area contributed by atoms with Crippen molar-refractivity contribution >= 4 is 40.3 Å². The molecule has 0 saturated heterocycles. The molecule has 1 heterocycles. The summed E-state index contributed by atoms with van der Waals surface area (Å²) >= 11 is 0. The molecular formula is C22H28ClN5O7S. The number of sulfonamides is 1. The van der Waals surface area contributed by atoms with Crippen molar-refractivity contribution in [1.29, 1.82) is 0 Å². The minimum absolute atomic E-state index is 0. The number of benzene rings is 2. The van der Waals surface area contributed by atoms with Crippen molar-refractivity contribution < 1.29 is 33.0 Å². The van der Waals surface area contributed by atoms with E-state index in [9.17, 15) is 28.2 Å². The van der Waals surface area contributed by atoms with Crippen molar-refractivity contribution in [3.63, 3.8) is 0 Å². The number of nitrogens with one attached hydrogen (secondary N) is 4. The lowest BCUT2D eigenvalue weighted by atomic mass is 10.1. The monoisotopic (exact) mass is 541 g/mol. The standard InChI is InChI=1S/C22H27N5O7S.ClH/c28-19-13-15(34-12-11-25-22-23-9-4-10-24-22)7-8-17(19)20(29)26-14-18(21(30)31)27-35(32,33)16-5-2-1-3-6-16;/h1-3,5-8,13,18,27-28H,4,9-12,14H2,(H,26,29)(H,30,31)(H2,23,24,25);1H/t18-;/m0./s1. The van der Waals surface area contributed by atoms with Crippen molar-refractivity contribution in [3.8, 4) is 11.5 Å². The van der Waals surface area contributed by atoms with E-state index in [-0.39, 0.29) is 35.2 Å². The Labute approximate surface area is 214 Å². The average molecular weight is 542 g/mol. The quantitative estimate of drug-likeness (QED) is 0.218. The van der Waals surface area contributed by atoms with Crippen LogP contribution in [0.3, 0.4) is 0 Å². The van der Waals surface area contributed by atoms with E-state index >= 15 is 0 Å². The van der Waals surface area contributed by atoms with Gasteiger partial charge in [0.15, 0.2) is 5.96 Å². The average Bonchev–Trinajstić information content (AvgIpc) is 2.85. The summed E-state index contributed by atoms with van der Waals surface area (Å²) in [6.07, 6.45) is 0.987. The Balaban J connectivity index is 0.00000456. The molecule has 3 rings (SSSR count). The molecule has 0 bridgehead atoms. The molecular weight excluding hydrogens is 514 g/mol. The number of rotatable bonds is 11. The molecule has 1 atom stereocenters. The molecule has 1 amide bonds. The zero-order valence-corrected chi connectivity index (χ0v) is 20.8. The molecule has 36 heavy (non-hydrogen) atoms. The fourth-order valence-corrected chi connectivity index (χ4v) is 4.32. The summed E-state index contributed by atoms with van der Waals surface area (Å²) in [5, 5.41) is 28.1. The van der Waals surface area contributed by atoms with E-state index in [0.29, 0.717) is 18.3 Å². The predicted octanol–water partition coefficient (Wildman–Crippen LogP) is 0.293. The first-order valence-electron chi connectivity index (χ1n) is 10.8. The largest absolute Gasteiger partial charge is 0.507 e. The highest BCUT2D eigenvalue weighted by Crippen LogP contribution is 2.23. The molecule has 0 radical (unpaired) electrons. The van der Waals surface area contributed by atoms with Crippen LogP contribution >= 0.6 is 12.4 Å². The second kappa shape index (κ2) is 13.5. The van der Waals surface area contributed by atoms with Crippen LogP contribution in [0.25, 0.3) is 0 Å². The predicted molar refractivity (Wildman–Crippen MR) is 134 cm³/mol. The van der Waals surface area contributed by atoms with Crippen molar-refractivity contribution in [2.45, 2.75) is 17.4 Å². The first-order valence-corrected chi connectivity index (χ1v) is 12.3. The number of aliphatic carboxylic acids is 1. The van der Waals surface area contributed by atoms with E-state index < -0.39 is 34.5 Å². The molecule has 6 N–H and O–H groups in total. The third-order valence-corrected chi connectivity index (χ3v) is 6.38. The van der Waals surface area contributed by atoms with E-state index in [4.69, 9.17) is 4.74 Å². The van der Waals surface area contributed by atoms with Gasteiger partial charge in [-0.3, -0.25) is 14.6 Å². The highest BCUT2D eigenvalue weighted by molar-refractivity contribution is 7.89. The van der Waals surface area contributed by atoms with Crippen molar-refractivity contribution in [2.24, 2.45) is 4.99 Å². The maximum absolute atomic E-state index is 12.5. The smallest absolute Gasteiger partial charge is 0.323 e. The Morgan fingerprint density at radius 1 is 1.17 bits per heavy atom. The van der Waals surface area contributed by atoms with Crippen LogP contribution in [-0.4, -0.2) is 75.3 Å². The number of halogens is 1. The van der Waals surface area contributed by atoms with Gasteiger partial charge in [-0.25, -0.2) is 8.42 Å². The van der Waals surface area contributed by atoms with Crippen LogP contribution in [0.15, 0.2) is 58.4 Å². The third kappa shape index (κ3) is 8.29. The summed E-state index contributed by atoms with van der Waals surface area (Å²) < 4.78 is 32.4. The van der Waals surface area contributed by atoms with E-state index in [1.807, 2.05) is 4.72 Å². The Morgan fingerprint density at radius 2 is 1.92 bits per heavy atom. The molecule has 0 fully saturated rings. The number of aromatic hydroxyl groups is 1. The Bertz CT molecular complexity index is 1180. The number of carbonyl (C=O) groups excluding carboxylic acids is 1. The zero-order valence-electron chi connectivity index (χ0n) is 19.1. The van der Waals surface area contributed by atoms with Gasteiger partial charge in [0.1, 0.15) is 24.1 Å². The van der Waals surface area contributed by atoms with Crippen LogP contribution in [0.2, 0.25) is 0 Å². The van der Waals surface area contributed by atoms with Crippen molar-refractivity contribution in [1.82, 2.24) is 20.7 Å². The summed E-state index contributed by atoms with van der Waals surface area (Å²) in [5.74, 6) is -1.58. The lowest BCUT2D eigenvalue weighted by Crippen LogP contribution is -2.48. The maximum atomic E-state index is 12.5. The van der Waals surface area contributed by atoms with Gasteiger partial charge in [-0.2, -0.15) is 4.72 Å². The number of carbonyl (C=O) groups is 2. The van der Waals surface area contributed by atoms with E-state index in [0.717, 1.165) is 19.5 Å². The van der Waals surface area contributed by atoms with E-state index in [1.54, 1.807) is 6.07 Å². The number of hydrogen-bond donors (Lipinski definition) is 6. The number of phenols is 1. The van der Waals surface area contributed by atoms with Gasteiger partial charge in [0.05, 0.1) is 17.0 Å². The van der Waals surface area contributed by atoms with Gasteiger partial charge in [-0.1, -0.05) is 18.2 Å². The maximum Gasteiger partial charge on any atom is 0.323 e. The summed E-state index contributed by atoms with van der Waals surface area (Å²) in [4.78, 5) is 28.2. The molecule has 2 aromatic carbocycles. The summed E-state index contributed by atoms with van der Waals surface area (Å²) in [7, 11) is -4.11. The number of carboxylic acid groups (broad SMARTS) is 1. The molecule has 12 nitrogen and oxygen atoms in total. The number of nitrogens with zero attached hydrogens (tertiary/aromatic N) is 1. The number of ether oxygens (including phenoxy) is 1. The van der Waals surface area contributed by atoms with E-state index in [2.05, 4.69) is 20.9 Å². The number of aliphatic imine (C=N–C) groups is 1. The number of guanidine groups is 1. The fraction of sp³-hybridized carbons (Fsp3) is 0.318. The van der Waals surface area contributed by atoms with Crippen molar-refractivity contribution in [2.75, 3.05) is 32.8 Å². The van der Waals surface area contributed by atoms with Gasteiger partial charge in [0.2, 0.25) is 10.0 Å². The molecule has 0 aliphatic carbocycles. The molecule has 14 heteroatoms. The Morgan fingerprint density at radius 3 is 2.56 bits per heavy atom. The summed E-state index contributed by atoms with van der Waals surface area (Å²) in [6.45, 7) is 1.84. The fourth-order valence-electron chi connectivity index (χ4n) is 3.11. The van der Waals surface area contributed by atoms with Crippen LogP contribution in [0, 0.1) is 0 Å². The van der Waals surface area contributed by atoms with Crippen LogP contribution in [0.1, 0.15) is 16.8 Å². The molecule has 1 aliphatic heterocycles. The normalized spacial score (nSPS) is 13.8. The first-order chi connectivity index (χ1) is 16.8. The van der Waals surface area contributed by atoms with Gasteiger partial charge in [-0.05, 0) is 30.7 Å². The number of hydrogen-bond acceptors (Lipinski definition) is 9. The second-order valence-corrected chi connectivity index (χ2v) is 9.21. The molecule has 1 aliphatic rings. The molecule has 0 spiro atoms. The lowest BCUT2D eigenvalue weighted by molar-refractivity contribution is -0.138. The van der Waals surface area contributed by atoms with Gasteiger partial charge in [0, 0.05) is 25.7 Å². The van der Waals surface area contributed by atoms with Crippen LogP contribution in [0.5, 0.6) is 11.5 Å². The number of carboxylic acids is 1. The number of amides is 1. The van der Waals surface area contributed by atoms with Crippen molar-refractivity contribution in [3.05, 3.63) is 54.1 Å². The van der Waals surface area contributed by atoms with E-state index in [1.165, 1.54) is 42.5 Å². The molecule has 0 aromatic heterocycles. The summed E-state index contributed by atoms with van der Waals surface area (Å²) in [5.41, 5.74) is -0.119. The molecule has 0 unspecified atom stereocenters. The lowest BCUT2D eigenvalue weighted by Gasteiger charge is -2.17. The third-order valence-electron chi connectivity index (χ3n) is 4.89. The minimum Gasteiger partial charge on any atom is -0.507 e. The van der Waals surface area contributed by atoms with Gasteiger partial charge >= 0.3 is 5.97 Å². The van der Waals surface area contributed by atoms with Gasteiger partial charge in [0.25, 0.3) is 5.91 Å². The second-order valence-electron chi connectivity index (χ2n) is 7.50. The van der Waals surface area contributed by atoms with Crippen LogP contribution in [0.4, 0.5) is 0 Å². The highest BCUT2D eigenvalue weighted by atomic mass is 35.5. The highest BCUT2D eigenvalue weighted by Gasteiger charge is 2.26. The first kappa shape index (κ1) is 28.7. The summed E-state index contributed by atoms with van der Waals surface area (Å²) in [6, 6.07) is 9.71. The SMILES string of the molecule is Cl.O=C(NC[C@H](NS(=O)(=O)c1ccccc1)C(=O)O)c1ccc(OCCNC2=NCCCN2)cc1O. The molecule has 0 saturated carbocycles. The molecule has 2 aromatic rings. The van der Waals surface area contributed by atoms with Gasteiger partial charge in [-0.15, -0.1) is 12.4 Å². The van der Waals surface area contributed by atoms with Crippen LogP contribution < -0.4 is 25.4 Å². The van der Waals surface area contributed by atoms with Gasteiger partial charge < -0.3 is 30.9 Å². The Kier molecular flexibility index (Phi) is 10.8. The Hall–Kier alpha value is -3.55. The minimum atomic E-state index is -4.11. The van der Waals surface area contributed by atoms with Crippen LogP contribution in [-0.2, 0) is 14.8 Å². The molecule has 196 valence electrons.